The van der Waals surface area contributed by atoms with Gasteiger partial charge in [0.1, 0.15) is 5.82 Å². The van der Waals surface area contributed by atoms with Crippen molar-refractivity contribution in [2.75, 3.05) is 11.9 Å². The van der Waals surface area contributed by atoms with Crippen LogP contribution in [0.25, 0.3) is 0 Å². The van der Waals surface area contributed by atoms with Crippen LogP contribution in [0.4, 0.5) is 11.5 Å². The molecule has 6 heteroatoms. The molecule has 5 nitrogen and oxygen atoms in total. The van der Waals surface area contributed by atoms with E-state index in [-0.39, 0.29) is 5.84 Å². The summed E-state index contributed by atoms with van der Waals surface area (Å²) in [4.78, 5) is 6.32. The van der Waals surface area contributed by atoms with E-state index in [1.54, 1.807) is 12.3 Å². The number of nitrogens with zero attached hydrogens (tertiary/aromatic N) is 3. The third kappa shape index (κ3) is 2.91. The first kappa shape index (κ1) is 14.3. The molecule has 20 heavy (non-hydrogen) atoms. The molecule has 0 fully saturated rings. The lowest BCUT2D eigenvalue weighted by atomic mass is 10.1. The average molecular weight is 335 g/mol. The van der Waals surface area contributed by atoms with Crippen LogP contribution in [-0.2, 0) is 0 Å². The smallest absolute Gasteiger partial charge is 0.170 e. The molecule has 0 aliphatic heterocycles. The van der Waals surface area contributed by atoms with Gasteiger partial charge < -0.3 is 15.8 Å². The number of halogens is 1. The number of hydrogen-bond acceptors (Lipinski definition) is 4. The van der Waals surface area contributed by atoms with Crippen molar-refractivity contribution in [1.29, 1.82) is 0 Å². The zero-order valence-electron chi connectivity index (χ0n) is 11.2. The number of nitrogens with two attached hydrogens (primary N) is 1. The van der Waals surface area contributed by atoms with Crippen molar-refractivity contribution in [1.82, 2.24) is 4.98 Å². The second-order valence-electron chi connectivity index (χ2n) is 4.39. The number of aromatic nitrogens is 1. The summed E-state index contributed by atoms with van der Waals surface area (Å²) < 4.78 is 0.972. The Bertz CT molecular complexity index is 657. The number of aryl methyl sites for hydroxylation is 1. The Hall–Kier alpha value is -2.08. The summed E-state index contributed by atoms with van der Waals surface area (Å²) in [6.45, 7) is 2.01. The summed E-state index contributed by atoms with van der Waals surface area (Å²) in [6, 6.07) is 9.40. The van der Waals surface area contributed by atoms with Gasteiger partial charge in [-0.05, 0) is 46.6 Å². The van der Waals surface area contributed by atoms with Crippen LogP contribution in [0.2, 0.25) is 0 Å². The highest BCUT2D eigenvalue weighted by atomic mass is 79.9. The first-order chi connectivity index (χ1) is 9.52. The van der Waals surface area contributed by atoms with Crippen LogP contribution in [0.1, 0.15) is 11.1 Å². The summed E-state index contributed by atoms with van der Waals surface area (Å²) in [5.74, 6) is 0.905. The van der Waals surface area contributed by atoms with E-state index in [9.17, 15) is 0 Å². The van der Waals surface area contributed by atoms with Gasteiger partial charge in [0, 0.05) is 29.0 Å². The van der Waals surface area contributed by atoms with Gasteiger partial charge in [0.05, 0.1) is 0 Å². The van der Waals surface area contributed by atoms with Crippen LogP contribution in [0.15, 0.2) is 46.2 Å². The molecular formula is C14H15BrN4O. The van der Waals surface area contributed by atoms with E-state index in [2.05, 4.69) is 26.1 Å². The van der Waals surface area contributed by atoms with Crippen molar-refractivity contribution in [3.63, 3.8) is 0 Å². The monoisotopic (exact) mass is 334 g/mol. The maximum Gasteiger partial charge on any atom is 0.170 e. The quantitative estimate of drug-likeness (QED) is 0.391. The Morgan fingerprint density at radius 2 is 2.15 bits per heavy atom. The third-order valence-corrected chi connectivity index (χ3v) is 3.84. The SMILES string of the molecule is Cc1cc(N(C)c2cccc(/C(N)=N/O)c2)ncc1Br. The second kappa shape index (κ2) is 5.92. The molecule has 0 bridgehead atoms. The number of rotatable bonds is 3. The molecule has 0 spiro atoms. The Morgan fingerprint density at radius 1 is 1.40 bits per heavy atom. The van der Waals surface area contributed by atoms with Gasteiger partial charge in [-0.1, -0.05) is 17.3 Å². The second-order valence-corrected chi connectivity index (χ2v) is 5.24. The number of benzene rings is 1. The Balaban J connectivity index is 2.37. The Labute approximate surface area is 125 Å². The molecule has 1 heterocycles. The van der Waals surface area contributed by atoms with Gasteiger partial charge in [0.25, 0.3) is 0 Å². The van der Waals surface area contributed by atoms with Crippen molar-refractivity contribution in [3.8, 4) is 0 Å². The van der Waals surface area contributed by atoms with Crippen LogP contribution >= 0.6 is 15.9 Å². The first-order valence-corrected chi connectivity index (χ1v) is 6.76. The van der Waals surface area contributed by atoms with Gasteiger partial charge >= 0.3 is 0 Å². The largest absolute Gasteiger partial charge is 0.409 e. The molecule has 0 aliphatic carbocycles. The Kier molecular flexibility index (Phi) is 4.24. The first-order valence-electron chi connectivity index (χ1n) is 5.96. The molecule has 1 aromatic heterocycles. The minimum Gasteiger partial charge on any atom is -0.409 e. The highest BCUT2D eigenvalue weighted by Crippen LogP contribution is 2.25. The predicted molar refractivity (Wildman–Crippen MR) is 83.7 cm³/mol. The normalized spacial score (nSPS) is 11.4. The molecule has 0 amide bonds. The molecule has 3 N–H and O–H groups in total. The van der Waals surface area contributed by atoms with Gasteiger partial charge in [-0.2, -0.15) is 0 Å². The third-order valence-electron chi connectivity index (χ3n) is 3.01. The van der Waals surface area contributed by atoms with E-state index in [1.807, 2.05) is 43.1 Å². The van der Waals surface area contributed by atoms with Crippen LogP contribution < -0.4 is 10.6 Å². The standard InChI is InChI=1S/C14H15BrN4O/c1-9-6-13(17-8-12(9)15)19(2)11-5-3-4-10(7-11)14(16)18-20/h3-8,20H,1-2H3,(H2,16,18). The maximum atomic E-state index is 8.73. The Morgan fingerprint density at radius 3 is 2.80 bits per heavy atom. The molecule has 0 unspecified atom stereocenters. The predicted octanol–water partition coefficient (Wildman–Crippen LogP) is 3.01. The number of pyridine rings is 1. The molecule has 0 radical (unpaired) electrons. The molecule has 2 rings (SSSR count). The molecule has 2 aromatic rings. The molecule has 0 aliphatic rings. The van der Waals surface area contributed by atoms with Gasteiger partial charge in [-0.15, -0.1) is 0 Å². The fourth-order valence-corrected chi connectivity index (χ4v) is 1.99. The van der Waals surface area contributed by atoms with Crippen LogP contribution in [-0.4, -0.2) is 23.1 Å². The number of anilines is 2. The van der Waals surface area contributed by atoms with E-state index in [4.69, 9.17) is 10.9 Å². The van der Waals surface area contributed by atoms with Crippen molar-refractivity contribution in [2.45, 2.75) is 6.92 Å². The fraction of sp³-hybridized carbons (Fsp3) is 0.143. The summed E-state index contributed by atoms with van der Waals surface area (Å²) in [7, 11) is 1.92. The minimum absolute atomic E-state index is 0.0835. The van der Waals surface area contributed by atoms with Crippen molar-refractivity contribution in [3.05, 3.63) is 52.1 Å². The fourth-order valence-electron chi connectivity index (χ4n) is 1.77. The van der Waals surface area contributed by atoms with Gasteiger partial charge in [-0.25, -0.2) is 4.98 Å². The van der Waals surface area contributed by atoms with Crippen LogP contribution in [0.3, 0.4) is 0 Å². The molecule has 104 valence electrons. The number of oxime groups is 1. The van der Waals surface area contributed by atoms with E-state index in [0.29, 0.717) is 5.56 Å². The lowest BCUT2D eigenvalue weighted by Gasteiger charge is -2.19. The minimum atomic E-state index is 0.0835. The summed E-state index contributed by atoms with van der Waals surface area (Å²) in [6.07, 6.45) is 1.77. The molecule has 0 atom stereocenters. The molecular weight excluding hydrogens is 320 g/mol. The summed E-state index contributed by atoms with van der Waals surface area (Å²) >= 11 is 3.43. The maximum absolute atomic E-state index is 8.73. The number of hydrogen-bond donors (Lipinski definition) is 2. The van der Waals surface area contributed by atoms with Gasteiger partial charge in [-0.3, -0.25) is 0 Å². The van der Waals surface area contributed by atoms with Gasteiger partial charge in [0.2, 0.25) is 0 Å². The zero-order valence-corrected chi connectivity index (χ0v) is 12.8. The number of amidine groups is 1. The van der Waals surface area contributed by atoms with E-state index < -0.39 is 0 Å². The molecule has 0 saturated heterocycles. The zero-order chi connectivity index (χ0) is 14.7. The van der Waals surface area contributed by atoms with E-state index in [1.165, 1.54) is 0 Å². The van der Waals surface area contributed by atoms with Crippen molar-refractivity contribution < 1.29 is 5.21 Å². The molecule has 0 saturated carbocycles. The van der Waals surface area contributed by atoms with Crippen molar-refractivity contribution >= 4 is 33.3 Å². The van der Waals surface area contributed by atoms with Crippen LogP contribution in [0.5, 0.6) is 0 Å². The van der Waals surface area contributed by atoms with E-state index in [0.717, 1.165) is 21.5 Å². The highest BCUT2D eigenvalue weighted by molar-refractivity contribution is 9.10. The van der Waals surface area contributed by atoms with Gasteiger partial charge in [0.15, 0.2) is 5.84 Å². The summed E-state index contributed by atoms with van der Waals surface area (Å²) in [5.41, 5.74) is 8.28. The lowest BCUT2D eigenvalue weighted by molar-refractivity contribution is 0.318. The van der Waals surface area contributed by atoms with Crippen LogP contribution in [0, 0.1) is 6.92 Å². The van der Waals surface area contributed by atoms with Crippen molar-refractivity contribution in [2.24, 2.45) is 10.9 Å². The lowest BCUT2D eigenvalue weighted by Crippen LogP contribution is -2.15. The summed E-state index contributed by atoms with van der Waals surface area (Å²) in [5, 5.41) is 11.7. The highest BCUT2D eigenvalue weighted by Gasteiger charge is 2.08. The topological polar surface area (TPSA) is 74.7 Å². The average Bonchev–Trinajstić information content (AvgIpc) is 2.48. The molecule has 1 aromatic carbocycles. The van der Waals surface area contributed by atoms with E-state index >= 15 is 0 Å².